The van der Waals surface area contributed by atoms with Gasteiger partial charge in [0.2, 0.25) is 28.5 Å². The predicted molar refractivity (Wildman–Crippen MR) is 104 cm³/mol. The molecule has 1 aliphatic heterocycles. The van der Waals surface area contributed by atoms with Crippen molar-refractivity contribution in [2.45, 2.75) is 11.4 Å². The maximum absolute atomic E-state index is 12.8. The van der Waals surface area contributed by atoms with Crippen LogP contribution in [0.15, 0.2) is 70.1 Å². The van der Waals surface area contributed by atoms with E-state index >= 15 is 0 Å². The van der Waals surface area contributed by atoms with Crippen LogP contribution in [0.5, 0.6) is 11.5 Å². The number of benzene rings is 3. The van der Waals surface area contributed by atoms with Crippen LogP contribution in [0.3, 0.4) is 0 Å². The van der Waals surface area contributed by atoms with Crippen molar-refractivity contribution in [2.75, 3.05) is 6.79 Å². The van der Waals surface area contributed by atoms with E-state index in [2.05, 4.69) is 14.9 Å². The first-order valence-corrected chi connectivity index (χ1v) is 10.3. The van der Waals surface area contributed by atoms with E-state index < -0.39 is 10.0 Å². The van der Waals surface area contributed by atoms with E-state index in [1.807, 2.05) is 18.2 Å². The van der Waals surface area contributed by atoms with Crippen LogP contribution < -0.4 is 14.2 Å². The van der Waals surface area contributed by atoms with Crippen molar-refractivity contribution in [3.63, 3.8) is 0 Å². The van der Waals surface area contributed by atoms with E-state index in [1.54, 1.807) is 42.5 Å². The van der Waals surface area contributed by atoms with Gasteiger partial charge in [0.15, 0.2) is 11.5 Å². The van der Waals surface area contributed by atoms with Crippen molar-refractivity contribution in [2.24, 2.45) is 0 Å². The van der Waals surface area contributed by atoms with Gasteiger partial charge in [0.25, 0.3) is 0 Å². The Balaban J connectivity index is 1.36. The molecule has 0 aliphatic carbocycles. The molecule has 29 heavy (non-hydrogen) atoms. The molecule has 1 N–H and O–H groups in total. The Hall–Kier alpha value is -3.43. The molecule has 0 fully saturated rings. The summed E-state index contributed by atoms with van der Waals surface area (Å²) in [7, 11) is -3.76. The number of rotatable bonds is 5. The molecule has 0 unspecified atom stereocenters. The summed E-state index contributed by atoms with van der Waals surface area (Å²) in [5.74, 6) is 1.75. The summed E-state index contributed by atoms with van der Waals surface area (Å²) < 4.78 is 43.9. The summed E-state index contributed by atoms with van der Waals surface area (Å²) in [4.78, 5) is 4.46. The topological polar surface area (TPSA) is 104 Å². The standard InChI is InChI=1S/C20H15N3O5S/c24-29(25,18-7-3-5-13-4-1-2-6-15(13)18)21-11-19-22-20(23-28-19)14-8-9-16-17(10-14)27-12-26-16/h1-10,21H,11-12H2. The van der Waals surface area contributed by atoms with Crippen LogP contribution in [-0.2, 0) is 16.6 Å². The van der Waals surface area contributed by atoms with Gasteiger partial charge in [-0.2, -0.15) is 4.98 Å². The predicted octanol–water partition coefficient (Wildman–Crippen LogP) is 3.10. The minimum absolute atomic E-state index is 0.122. The molecule has 0 atom stereocenters. The number of hydrogen-bond donors (Lipinski definition) is 1. The van der Waals surface area contributed by atoms with Gasteiger partial charge in [-0.15, -0.1) is 0 Å². The molecule has 1 aliphatic rings. The van der Waals surface area contributed by atoms with E-state index in [0.29, 0.717) is 28.3 Å². The van der Waals surface area contributed by atoms with Gasteiger partial charge in [0.1, 0.15) is 0 Å². The average molecular weight is 409 g/mol. The first kappa shape index (κ1) is 17.7. The molecular formula is C20H15N3O5S. The van der Waals surface area contributed by atoms with Crippen molar-refractivity contribution in [1.82, 2.24) is 14.9 Å². The molecule has 4 aromatic rings. The molecule has 0 saturated heterocycles. The second-order valence-corrected chi connectivity index (χ2v) is 8.12. The lowest BCUT2D eigenvalue weighted by atomic mass is 10.1. The van der Waals surface area contributed by atoms with Gasteiger partial charge in [-0.3, -0.25) is 0 Å². The normalized spacial score (nSPS) is 13.1. The highest BCUT2D eigenvalue weighted by atomic mass is 32.2. The minimum Gasteiger partial charge on any atom is -0.454 e. The van der Waals surface area contributed by atoms with Crippen molar-refractivity contribution in [3.05, 3.63) is 66.6 Å². The molecule has 2 heterocycles. The Morgan fingerprint density at radius 3 is 2.72 bits per heavy atom. The van der Waals surface area contributed by atoms with E-state index in [4.69, 9.17) is 14.0 Å². The lowest BCUT2D eigenvalue weighted by Gasteiger charge is -2.08. The van der Waals surface area contributed by atoms with Gasteiger partial charge in [-0.05, 0) is 29.7 Å². The van der Waals surface area contributed by atoms with E-state index in [9.17, 15) is 8.42 Å². The van der Waals surface area contributed by atoms with Crippen molar-refractivity contribution < 1.29 is 22.4 Å². The smallest absolute Gasteiger partial charge is 0.242 e. The summed E-state index contributed by atoms with van der Waals surface area (Å²) in [6, 6.07) is 17.7. The van der Waals surface area contributed by atoms with Gasteiger partial charge in [0.05, 0.1) is 11.4 Å². The Labute approximate surface area is 166 Å². The molecule has 8 nitrogen and oxygen atoms in total. The monoisotopic (exact) mass is 409 g/mol. The highest BCUT2D eigenvalue weighted by molar-refractivity contribution is 7.89. The van der Waals surface area contributed by atoms with Gasteiger partial charge >= 0.3 is 0 Å². The molecule has 0 radical (unpaired) electrons. The second-order valence-electron chi connectivity index (χ2n) is 6.38. The first-order chi connectivity index (χ1) is 14.1. The van der Waals surface area contributed by atoms with Gasteiger partial charge in [0, 0.05) is 10.9 Å². The fourth-order valence-electron chi connectivity index (χ4n) is 3.14. The number of ether oxygens (including phenoxy) is 2. The van der Waals surface area contributed by atoms with Crippen LogP contribution in [0.4, 0.5) is 0 Å². The molecule has 146 valence electrons. The van der Waals surface area contributed by atoms with Crippen molar-refractivity contribution in [1.29, 1.82) is 0 Å². The Bertz CT molecular complexity index is 1310. The maximum Gasteiger partial charge on any atom is 0.242 e. The third-order valence-corrected chi connectivity index (χ3v) is 6.01. The molecule has 0 amide bonds. The number of nitrogens with zero attached hydrogens (tertiary/aromatic N) is 2. The number of sulfonamides is 1. The summed E-state index contributed by atoms with van der Waals surface area (Å²) in [6.45, 7) is 0.0509. The molecule has 0 bridgehead atoms. The van der Waals surface area contributed by atoms with Crippen molar-refractivity contribution >= 4 is 20.8 Å². The van der Waals surface area contributed by atoms with Crippen LogP contribution in [0.1, 0.15) is 5.89 Å². The Morgan fingerprint density at radius 1 is 0.966 bits per heavy atom. The third-order valence-electron chi connectivity index (χ3n) is 4.55. The Kier molecular flexibility index (Phi) is 4.18. The average Bonchev–Trinajstić information content (AvgIpc) is 3.40. The number of hydrogen-bond acceptors (Lipinski definition) is 7. The van der Waals surface area contributed by atoms with Gasteiger partial charge in [-0.25, -0.2) is 13.1 Å². The van der Waals surface area contributed by atoms with Gasteiger partial charge < -0.3 is 14.0 Å². The minimum atomic E-state index is -3.76. The fourth-order valence-corrected chi connectivity index (χ4v) is 4.35. The van der Waals surface area contributed by atoms with Crippen LogP contribution in [-0.4, -0.2) is 25.4 Å². The van der Waals surface area contributed by atoms with Crippen LogP contribution in [0.2, 0.25) is 0 Å². The highest BCUT2D eigenvalue weighted by Crippen LogP contribution is 2.35. The largest absolute Gasteiger partial charge is 0.454 e. The number of aromatic nitrogens is 2. The molecule has 0 spiro atoms. The fraction of sp³-hybridized carbons (Fsp3) is 0.100. The summed E-state index contributed by atoms with van der Waals surface area (Å²) in [5, 5.41) is 5.41. The van der Waals surface area contributed by atoms with E-state index in [1.165, 1.54) is 0 Å². The SMILES string of the molecule is O=S(=O)(NCc1nc(-c2ccc3c(c2)OCO3)no1)c1cccc2ccccc12. The first-order valence-electron chi connectivity index (χ1n) is 8.80. The van der Waals surface area contributed by atoms with Crippen LogP contribution >= 0.6 is 0 Å². The zero-order chi connectivity index (χ0) is 19.8. The second kappa shape index (κ2) is 6.87. The lowest BCUT2D eigenvalue weighted by Crippen LogP contribution is -2.23. The summed E-state index contributed by atoms with van der Waals surface area (Å²) in [5.41, 5.74) is 0.682. The Morgan fingerprint density at radius 2 is 1.79 bits per heavy atom. The molecule has 3 aromatic carbocycles. The van der Waals surface area contributed by atoms with Crippen LogP contribution in [0, 0.1) is 0 Å². The number of nitrogens with one attached hydrogen (secondary N) is 1. The molecule has 0 saturated carbocycles. The van der Waals surface area contributed by atoms with E-state index in [0.717, 1.165) is 5.39 Å². The lowest BCUT2D eigenvalue weighted by molar-refractivity contribution is 0.174. The number of fused-ring (bicyclic) bond motifs is 2. The quantitative estimate of drug-likeness (QED) is 0.540. The highest BCUT2D eigenvalue weighted by Gasteiger charge is 2.20. The molecular weight excluding hydrogens is 394 g/mol. The van der Waals surface area contributed by atoms with Crippen LogP contribution in [0.25, 0.3) is 22.2 Å². The molecule has 9 heteroatoms. The van der Waals surface area contributed by atoms with Crippen molar-refractivity contribution in [3.8, 4) is 22.9 Å². The van der Waals surface area contributed by atoms with E-state index in [-0.39, 0.29) is 24.1 Å². The molecule has 1 aromatic heterocycles. The summed E-state index contributed by atoms with van der Waals surface area (Å²) >= 11 is 0. The third kappa shape index (κ3) is 3.30. The zero-order valence-electron chi connectivity index (χ0n) is 15.0. The zero-order valence-corrected chi connectivity index (χ0v) is 15.8. The van der Waals surface area contributed by atoms with Gasteiger partial charge in [-0.1, -0.05) is 41.6 Å². The maximum atomic E-state index is 12.8. The summed E-state index contributed by atoms with van der Waals surface area (Å²) in [6.07, 6.45) is 0. The molecule has 5 rings (SSSR count).